The Bertz CT molecular complexity index is 1590. The van der Waals surface area contributed by atoms with Gasteiger partial charge in [-0.2, -0.15) is 0 Å². The van der Waals surface area contributed by atoms with E-state index in [4.69, 9.17) is 16.3 Å². The van der Waals surface area contributed by atoms with Crippen molar-refractivity contribution in [1.82, 2.24) is 9.78 Å². The number of nitrogens with two attached hydrogens (primary N) is 2. The van der Waals surface area contributed by atoms with Crippen LogP contribution in [0.25, 0.3) is 11.1 Å². The molecular formula is C27H29N5O3S. The molecule has 186 valence electrons. The van der Waals surface area contributed by atoms with E-state index in [9.17, 15) is 13.2 Å². The van der Waals surface area contributed by atoms with Crippen molar-refractivity contribution < 1.29 is 8.42 Å². The molecule has 0 aliphatic rings. The lowest BCUT2D eigenvalue weighted by Crippen LogP contribution is -2.21. The van der Waals surface area contributed by atoms with Gasteiger partial charge in [-0.1, -0.05) is 74.5 Å². The smallest absolute Gasteiger partial charge is 0.270 e. The minimum Gasteiger partial charge on any atom is -0.384 e. The normalized spacial score (nSPS) is 11.7. The fraction of sp³-hybridized carbons (Fsp3) is 0.185. The van der Waals surface area contributed by atoms with E-state index in [-0.39, 0.29) is 28.8 Å². The predicted molar refractivity (Wildman–Crippen MR) is 142 cm³/mol. The highest BCUT2D eigenvalue weighted by molar-refractivity contribution is 7.89. The number of amidine groups is 1. The summed E-state index contributed by atoms with van der Waals surface area (Å²) in [6.07, 6.45) is 0.381. The third-order valence-electron chi connectivity index (χ3n) is 6.06. The third-order valence-corrected chi connectivity index (χ3v) is 7.01. The minimum atomic E-state index is -4.00. The van der Waals surface area contributed by atoms with E-state index in [2.05, 4.69) is 5.10 Å². The third kappa shape index (κ3) is 5.32. The van der Waals surface area contributed by atoms with E-state index in [1.807, 2.05) is 62.4 Å². The van der Waals surface area contributed by atoms with Crippen molar-refractivity contribution in [2.75, 3.05) is 0 Å². The quantitative estimate of drug-likeness (QED) is 0.215. The Balaban J connectivity index is 1.73. The zero-order chi connectivity index (χ0) is 26.0. The number of H-pyrrole nitrogens is 1. The number of sulfonamides is 1. The maximum atomic E-state index is 13.4. The molecule has 4 rings (SSSR count). The van der Waals surface area contributed by atoms with Crippen LogP contribution in [0.2, 0.25) is 0 Å². The lowest BCUT2D eigenvalue weighted by atomic mass is 9.98. The average Bonchev–Trinajstić information content (AvgIpc) is 3.14. The maximum absolute atomic E-state index is 13.4. The summed E-state index contributed by atoms with van der Waals surface area (Å²) in [6, 6.07) is 21.5. The number of nitrogens with one attached hydrogen (secondary N) is 2. The van der Waals surface area contributed by atoms with Crippen molar-refractivity contribution in [2.24, 2.45) is 10.9 Å². The van der Waals surface area contributed by atoms with E-state index in [0.29, 0.717) is 28.7 Å². The number of hydrogen-bond donors (Lipinski definition) is 4. The van der Waals surface area contributed by atoms with Crippen LogP contribution in [-0.2, 0) is 23.0 Å². The zero-order valence-corrected chi connectivity index (χ0v) is 21.0. The van der Waals surface area contributed by atoms with Crippen LogP contribution in [-0.4, -0.2) is 24.0 Å². The Hall–Kier alpha value is -3.95. The Morgan fingerprint density at radius 2 is 1.72 bits per heavy atom. The predicted octanol–water partition coefficient (Wildman–Crippen LogP) is 3.54. The molecule has 1 heterocycles. The van der Waals surface area contributed by atoms with Gasteiger partial charge < -0.3 is 5.73 Å². The summed E-state index contributed by atoms with van der Waals surface area (Å²) < 4.78 is 26.3. The van der Waals surface area contributed by atoms with Crippen molar-refractivity contribution in [3.05, 3.63) is 111 Å². The lowest BCUT2D eigenvalue weighted by Gasteiger charge is -2.11. The maximum Gasteiger partial charge on any atom is 0.270 e. The molecule has 36 heavy (non-hydrogen) atoms. The van der Waals surface area contributed by atoms with Crippen LogP contribution in [0.1, 0.15) is 47.7 Å². The average molecular weight is 504 g/mol. The summed E-state index contributed by atoms with van der Waals surface area (Å²) in [6.45, 7) is 4.15. The van der Waals surface area contributed by atoms with E-state index in [1.165, 1.54) is 10.7 Å². The number of aromatic nitrogens is 2. The van der Waals surface area contributed by atoms with Gasteiger partial charge in [0.25, 0.3) is 5.56 Å². The molecule has 0 aliphatic carbocycles. The lowest BCUT2D eigenvalue weighted by molar-refractivity contribution is 0.597. The molecule has 0 aliphatic heterocycles. The number of aromatic amines is 1. The van der Waals surface area contributed by atoms with Gasteiger partial charge >= 0.3 is 0 Å². The van der Waals surface area contributed by atoms with Crippen LogP contribution in [0.3, 0.4) is 0 Å². The number of nitrogen functional groups attached to an aromatic ring is 1. The molecule has 8 nitrogen and oxygen atoms in total. The first-order valence-electron chi connectivity index (χ1n) is 11.5. The molecule has 0 saturated heterocycles. The van der Waals surface area contributed by atoms with Gasteiger partial charge in [0.05, 0.1) is 11.4 Å². The largest absolute Gasteiger partial charge is 0.384 e. The van der Waals surface area contributed by atoms with Crippen molar-refractivity contribution in [3.8, 4) is 11.1 Å². The van der Waals surface area contributed by atoms with Crippen LogP contribution >= 0.6 is 0 Å². The Labute approximate surface area is 210 Å². The number of hydrogen-bond acceptors (Lipinski definition) is 4. The summed E-state index contributed by atoms with van der Waals surface area (Å²) >= 11 is 0. The summed E-state index contributed by atoms with van der Waals surface area (Å²) in [4.78, 5) is 13.4. The molecule has 3 aromatic carbocycles. The van der Waals surface area contributed by atoms with Crippen LogP contribution in [0.5, 0.6) is 0 Å². The first kappa shape index (κ1) is 25.2. The second kappa shape index (κ2) is 9.96. The monoisotopic (exact) mass is 503 g/mol. The van der Waals surface area contributed by atoms with Gasteiger partial charge in [0, 0.05) is 28.8 Å². The van der Waals surface area contributed by atoms with Crippen LogP contribution in [0, 0.1) is 5.41 Å². The zero-order valence-electron chi connectivity index (χ0n) is 20.2. The van der Waals surface area contributed by atoms with Crippen molar-refractivity contribution in [1.29, 1.82) is 5.41 Å². The molecule has 0 radical (unpaired) electrons. The summed E-state index contributed by atoms with van der Waals surface area (Å²) in [7, 11) is -4.00. The van der Waals surface area contributed by atoms with Gasteiger partial charge in [0.2, 0.25) is 10.0 Å². The molecule has 0 saturated carbocycles. The fourth-order valence-corrected chi connectivity index (χ4v) is 5.10. The Kier molecular flexibility index (Phi) is 6.96. The highest BCUT2D eigenvalue weighted by Gasteiger charge is 2.20. The standard InChI is InChI=1S/C27H29N5O3S/c1-17(2)25-23(14-18-7-6-10-21(13-18)26(28)29)27(33)32(31-25)16-19-11-12-22(20-8-4-3-5-9-20)24(15-19)36(30,34)35/h3-13,15,17,31H,14,16H2,1-2H3,(H3,28,29)(H2,30,34,35). The van der Waals surface area contributed by atoms with Crippen molar-refractivity contribution in [2.45, 2.75) is 37.6 Å². The summed E-state index contributed by atoms with van der Waals surface area (Å²) in [5.41, 5.74) is 10.2. The second-order valence-corrected chi connectivity index (χ2v) is 10.6. The molecule has 0 fully saturated rings. The fourth-order valence-electron chi connectivity index (χ4n) is 4.29. The van der Waals surface area contributed by atoms with Gasteiger partial charge in [0.15, 0.2) is 0 Å². The first-order valence-corrected chi connectivity index (χ1v) is 13.0. The Morgan fingerprint density at radius 1 is 1.00 bits per heavy atom. The Morgan fingerprint density at radius 3 is 2.36 bits per heavy atom. The highest BCUT2D eigenvalue weighted by atomic mass is 32.2. The first-order chi connectivity index (χ1) is 17.0. The number of rotatable bonds is 8. The van der Waals surface area contributed by atoms with E-state index in [1.54, 1.807) is 18.2 Å². The van der Waals surface area contributed by atoms with Crippen molar-refractivity contribution in [3.63, 3.8) is 0 Å². The molecule has 0 unspecified atom stereocenters. The van der Waals surface area contributed by atoms with Crippen LogP contribution < -0.4 is 16.4 Å². The number of primary sulfonamides is 1. The van der Waals surface area contributed by atoms with Gasteiger partial charge in [-0.25, -0.2) is 18.2 Å². The number of benzene rings is 3. The molecule has 0 atom stereocenters. The molecule has 4 aromatic rings. The molecule has 0 bridgehead atoms. The minimum absolute atomic E-state index is 0.0103. The molecule has 9 heteroatoms. The van der Waals surface area contributed by atoms with Gasteiger partial charge in [0.1, 0.15) is 5.84 Å². The highest BCUT2D eigenvalue weighted by Crippen LogP contribution is 2.28. The van der Waals surface area contributed by atoms with Crippen LogP contribution in [0.4, 0.5) is 0 Å². The molecule has 1 aromatic heterocycles. The van der Waals surface area contributed by atoms with Gasteiger partial charge in [-0.15, -0.1) is 0 Å². The van der Waals surface area contributed by atoms with Gasteiger partial charge in [-0.3, -0.25) is 15.3 Å². The van der Waals surface area contributed by atoms with E-state index >= 15 is 0 Å². The van der Waals surface area contributed by atoms with E-state index in [0.717, 1.165) is 16.8 Å². The topological polar surface area (TPSA) is 148 Å². The number of nitrogens with zero attached hydrogens (tertiary/aromatic N) is 1. The second-order valence-electron chi connectivity index (χ2n) is 9.08. The van der Waals surface area contributed by atoms with Crippen molar-refractivity contribution >= 4 is 15.9 Å². The molecule has 6 N–H and O–H groups in total. The molecule has 0 spiro atoms. The SMILES string of the molecule is CC(C)c1[nH]n(Cc2ccc(-c3ccccc3)c(S(N)(=O)=O)c2)c(=O)c1Cc1cccc(C(=N)N)c1. The summed E-state index contributed by atoms with van der Waals surface area (Å²) in [5, 5.41) is 16.4. The molecular weight excluding hydrogens is 474 g/mol. The summed E-state index contributed by atoms with van der Waals surface area (Å²) in [5.74, 6) is 0.0300. The van der Waals surface area contributed by atoms with Gasteiger partial charge in [-0.05, 0) is 34.7 Å². The van der Waals surface area contributed by atoms with Crippen LogP contribution in [0.15, 0.2) is 82.5 Å². The van der Waals surface area contributed by atoms with E-state index < -0.39 is 10.0 Å². The molecule has 0 amide bonds.